The summed E-state index contributed by atoms with van der Waals surface area (Å²) >= 11 is 0. The predicted octanol–water partition coefficient (Wildman–Crippen LogP) is 5.87. The summed E-state index contributed by atoms with van der Waals surface area (Å²) in [4.78, 5) is 22.3. The van der Waals surface area contributed by atoms with Gasteiger partial charge in [0.05, 0.1) is 5.60 Å². The largest absolute Gasteiger partial charge is 0.231 e. The van der Waals surface area contributed by atoms with Crippen LogP contribution in [-0.4, -0.2) is 11.2 Å². The monoisotopic (exact) mass is 372 g/mol. The smallest absolute Gasteiger partial charge is 0.107 e. The van der Waals surface area contributed by atoms with Crippen molar-refractivity contribution in [1.82, 2.24) is 0 Å². The number of rotatable bonds is 11. The number of benzene rings is 2. The van der Waals surface area contributed by atoms with Crippen LogP contribution in [0.4, 0.5) is 0 Å². The lowest BCUT2D eigenvalue weighted by Gasteiger charge is -2.35. The summed E-state index contributed by atoms with van der Waals surface area (Å²) in [5, 5.41) is 0. The standard InChI is InChI=1S/C23H32O4/c1-19(23(4,5)27-25-18-21-14-10-7-11-15-21)16-22(2,3)26-24-17-20-12-8-6-9-13-20/h6-15,19H,16-18H2,1-5H3. The Morgan fingerprint density at radius 2 is 1.15 bits per heavy atom. The first-order valence-corrected chi connectivity index (χ1v) is 9.48. The van der Waals surface area contributed by atoms with Gasteiger partial charge in [-0.15, -0.1) is 0 Å². The molecule has 0 saturated heterocycles. The topological polar surface area (TPSA) is 36.9 Å². The van der Waals surface area contributed by atoms with Crippen molar-refractivity contribution in [3.8, 4) is 0 Å². The van der Waals surface area contributed by atoms with Gasteiger partial charge >= 0.3 is 0 Å². The lowest BCUT2D eigenvalue weighted by atomic mass is 9.84. The van der Waals surface area contributed by atoms with E-state index in [1.165, 1.54) is 0 Å². The van der Waals surface area contributed by atoms with Crippen LogP contribution in [0.2, 0.25) is 0 Å². The first-order chi connectivity index (χ1) is 12.8. The quantitative estimate of drug-likeness (QED) is 0.365. The van der Waals surface area contributed by atoms with Crippen molar-refractivity contribution in [2.24, 2.45) is 5.92 Å². The van der Waals surface area contributed by atoms with Gasteiger partial charge in [0, 0.05) is 0 Å². The van der Waals surface area contributed by atoms with Gasteiger partial charge in [0.2, 0.25) is 0 Å². The Bertz CT molecular complexity index is 653. The molecule has 0 amide bonds. The van der Waals surface area contributed by atoms with Crippen molar-refractivity contribution in [2.45, 2.75) is 65.5 Å². The van der Waals surface area contributed by atoms with Crippen molar-refractivity contribution >= 4 is 0 Å². The molecule has 0 aliphatic rings. The number of hydrogen-bond donors (Lipinski definition) is 0. The molecule has 2 aromatic rings. The van der Waals surface area contributed by atoms with Gasteiger partial charge < -0.3 is 0 Å². The van der Waals surface area contributed by atoms with Gasteiger partial charge in [-0.3, -0.25) is 0 Å². The lowest BCUT2D eigenvalue weighted by molar-refractivity contribution is -0.385. The van der Waals surface area contributed by atoms with Crippen LogP contribution in [0, 0.1) is 5.92 Å². The van der Waals surface area contributed by atoms with E-state index in [0.717, 1.165) is 17.5 Å². The maximum Gasteiger partial charge on any atom is 0.107 e. The molecule has 4 heteroatoms. The Morgan fingerprint density at radius 1 is 0.704 bits per heavy atom. The third kappa shape index (κ3) is 7.81. The molecule has 27 heavy (non-hydrogen) atoms. The van der Waals surface area contributed by atoms with E-state index in [1.807, 2.05) is 88.4 Å². The van der Waals surface area contributed by atoms with E-state index in [0.29, 0.717) is 13.2 Å². The molecule has 0 aliphatic carbocycles. The average Bonchev–Trinajstić information content (AvgIpc) is 2.63. The highest BCUT2D eigenvalue weighted by Gasteiger charge is 2.34. The lowest BCUT2D eigenvalue weighted by Crippen LogP contribution is -2.38. The fourth-order valence-corrected chi connectivity index (χ4v) is 2.75. The molecule has 1 unspecified atom stereocenters. The molecule has 0 spiro atoms. The molecule has 0 N–H and O–H groups in total. The molecule has 0 bridgehead atoms. The molecule has 0 radical (unpaired) electrons. The van der Waals surface area contributed by atoms with Gasteiger partial charge in [-0.05, 0) is 51.2 Å². The zero-order valence-electron chi connectivity index (χ0n) is 17.1. The number of hydrogen-bond acceptors (Lipinski definition) is 4. The maximum atomic E-state index is 5.72. The van der Waals surface area contributed by atoms with Crippen LogP contribution in [0.25, 0.3) is 0 Å². The van der Waals surface area contributed by atoms with Crippen LogP contribution < -0.4 is 0 Å². The molecule has 0 heterocycles. The van der Waals surface area contributed by atoms with E-state index >= 15 is 0 Å². The van der Waals surface area contributed by atoms with E-state index in [1.54, 1.807) is 0 Å². The highest BCUT2D eigenvalue weighted by Crippen LogP contribution is 2.31. The van der Waals surface area contributed by atoms with Crippen LogP contribution >= 0.6 is 0 Å². The van der Waals surface area contributed by atoms with Crippen molar-refractivity contribution in [1.29, 1.82) is 0 Å². The summed E-state index contributed by atoms with van der Waals surface area (Å²) in [7, 11) is 0. The minimum absolute atomic E-state index is 0.198. The molecule has 0 aliphatic heterocycles. The van der Waals surface area contributed by atoms with E-state index in [4.69, 9.17) is 19.6 Å². The van der Waals surface area contributed by atoms with Crippen molar-refractivity contribution in [3.63, 3.8) is 0 Å². The highest BCUT2D eigenvalue weighted by molar-refractivity contribution is 5.13. The molecule has 2 rings (SSSR count). The van der Waals surface area contributed by atoms with Gasteiger partial charge in [0.25, 0.3) is 0 Å². The summed E-state index contributed by atoms with van der Waals surface area (Å²) in [6, 6.07) is 20.0. The molecule has 148 valence electrons. The zero-order chi connectivity index (χ0) is 19.8. The molecule has 0 fully saturated rings. The van der Waals surface area contributed by atoms with Gasteiger partial charge in [-0.2, -0.15) is 0 Å². The van der Waals surface area contributed by atoms with Crippen LogP contribution in [0.15, 0.2) is 60.7 Å². The fourth-order valence-electron chi connectivity index (χ4n) is 2.75. The molecule has 4 nitrogen and oxygen atoms in total. The van der Waals surface area contributed by atoms with E-state index in [-0.39, 0.29) is 5.92 Å². The second-order valence-electron chi connectivity index (χ2n) is 8.13. The third-order valence-corrected chi connectivity index (χ3v) is 4.68. The van der Waals surface area contributed by atoms with E-state index in [9.17, 15) is 0 Å². The van der Waals surface area contributed by atoms with Crippen LogP contribution in [-0.2, 0) is 32.8 Å². The summed E-state index contributed by atoms with van der Waals surface area (Å²) < 4.78 is 0. The SMILES string of the molecule is CC(CC(C)(C)OOCc1ccccc1)C(C)(C)OOCc1ccccc1. The zero-order valence-corrected chi connectivity index (χ0v) is 17.1. The van der Waals surface area contributed by atoms with Crippen molar-refractivity contribution in [3.05, 3.63) is 71.8 Å². The van der Waals surface area contributed by atoms with Gasteiger partial charge in [0.15, 0.2) is 0 Å². The predicted molar refractivity (Wildman–Crippen MR) is 107 cm³/mol. The van der Waals surface area contributed by atoms with Crippen molar-refractivity contribution in [2.75, 3.05) is 0 Å². The van der Waals surface area contributed by atoms with E-state index < -0.39 is 11.2 Å². The van der Waals surface area contributed by atoms with Gasteiger partial charge in [-0.1, -0.05) is 67.6 Å². The first-order valence-electron chi connectivity index (χ1n) is 9.48. The Morgan fingerprint density at radius 3 is 1.63 bits per heavy atom. The van der Waals surface area contributed by atoms with Crippen LogP contribution in [0.1, 0.15) is 52.2 Å². The molecule has 2 aromatic carbocycles. The first kappa shape index (κ1) is 21.6. The van der Waals surface area contributed by atoms with Gasteiger partial charge in [-0.25, -0.2) is 19.6 Å². The Hall–Kier alpha value is -1.72. The molecule has 0 saturated carbocycles. The maximum absolute atomic E-state index is 5.72. The average molecular weight is 373 g/mol. The fraction of sp³-hybridized carbons (Fsp3) is 0.478. The minimum Gasteiger partial charge on any atom is -0.231 e. The Balaban J connectivity index is 1.75. The summed E-state index contributed by atoms with van der Waals surface area (Å²) in [5.41, 5.74) is 1.28. The van der Waals surface area contributed by atoms with Gasteiger partial charge in [0.1, 0.15) is 18.8 Å². The molecular weight excluding hydrogens is 340 g/mol. The highest BCUT2D eigenvalue weighted by atomic mass is 17.2. The summed E-state index contributed by atoms with van der Waals surface area (Å²) in [5.74, 6) is 0.198. The molecule has 0 aromatic heterocycles. The molecule has 1 atom stereocenters. The third-order valence-electron chi connectivity index (χ3n) is 4.68. The second kappa shape index (κ2) is 10.00. The summed E-state index contributed by atoms with van der Waals surface area (Å²) in [6.07, 6.45) is 0.767. The Kier molecular flexibility index (Phi) is 7.99. The van der Waals surface area contributed by atoms with Crippen LogP contribution in [0.5, 0.6) is 0 Å². The second-order valence-corrected chi connectivity index (χ2v) is 8.13. The Labute approximate surface area is 163 Å². The molecular formula is C23H32O4. The van der Waals surface area contributed by atoms with Crippen molar-refractivity contribution < 1.29 is 19.6 Å². The normalized spacial score (nSPS) is 13.5. The van der Waals surface area contributed by atoms with E-state index in [2.05, 4.69) is 6.92 Å². The van der Waals surface area contributed by atoms with Crippen LogP contribution in [0.3, 0.4) is 0 Å². The summed E-state index contributed by atoms with van der Waals surface area (Å²) in [6.45, 7) is 11.1. The minimum atomic E-state index is -0.450.